The van der Waals surface area contributed by atoms with Crippen LogP contribution >= 0.6 is 0 Å². The molecule has 1 aromatic carbocycles. The Bertz CT molecular complexity index is 604. The maximum absolute atomic E-state index is 12.4. The van der Waals surface area contributed by atoms with Crippen LogP contribution in [0.1, 0.15) is 10.4 Å². The third-order valence-corrected chi connectivity index (χ3v) is 3.78. The van der Waals surface area contributed by atoms with Crippen molar-refractivity contribution in [1.29, 1.82) is 0 Å². The second-order valence-corrected chi connectivity index (χ2v) is 5.23. The number of ether oxygens (including phenoxy) is 1. The molecule has 1 aliphatic heterocycles. The molecule has 1 fully saturated rings. The number of hydrogen-bond donors (Lipinski definition) is 1. The van der Waals surface area contributed by atoms with E-state index in [1.54, 1.807) is 6.26 Å². The Kier molecular flexibility index (Phi) is 4.88. The number of nitrogens with one attached hydrogen (secondary N) is 1. The Balaban J connectivity index is 1.60. The quantitative estimate of drug-likeness (QED) is 0.918. The molecular weight excluding hydrogens is 280 g/mol. The Morgan fingerprint density at radius 1 is 1.14 bits per heavy atom. The lowest BCUT2D eigenvalue weighted by Crippen LogP contribution is -2.41. The summed E-state index contributed by atoms with van der Waals surface area (Å²) in [5, 5.41) is 2.99. The van der Waals surface area contributed by atoms with E-state index in [9.17, 15) is 4.79 Å². The minimum Gasteiger partial charge on any atom is -0.464 e. The summed E-state index contributed by atoms with van der Waals surface area (Å²) < 4.78 is 10.7. The summed E-state index contributed by atoms with van der Waals surface area (Å²) in [4.78, 5) is 14.7. The number of furan rings is 1. The van der Waals surface area contributed by atoms with Crippen molar-refractivity contribution in [2.45, 2.75) is 0 Å². The summed E-state index contributed by atoms with van der Waals surface area (Å²) >= 11 is 0. The van der Waals surface area contributed by atoms with Crippen LogP contribution in [0.4, 0.5) is 0 Å². The van der Waals surface area contributed by atoms with Gasteiger partial charge in [0.05, 0.1) is 25.0 Å². The lowest BCUT2D eigenvalue weighted by Gasteiger charge is -2.26. The predicted molar refractivity (Wildman–Crippen MR) is 83.7 cm³/mol. The number of amides is 1. The molecule has 0 radical (unpaired) electrons. The normalized spacial score (nSPS) is 15.6. The average molecular weight is 300 g/mol. The lowest BCUT2D eigenvalue weighted by atomic mass is 10.0. The largest absolute Gasteiger partial charge is 0.464 e. The maximum Gasteiger partial charge on any atom is 0.252 e. The fraction of sp³-hybridized carbons (Fsp3) is 0.353. The molecule has 0 atom stereocenters. The van der Waals surface area contributed by atoms with Gasteiger partial charge in [0, 0.05) is 31.7 Å². The van der Waals surface area contributed by atoms with Crippen LogP contribution in [0.3, 0.4) is 0 Å². The van der Waals surface area contributed by atoms with Gasteiger partial charge in [0.15, 0.2) is 0 Å². The number of carbonyl (C=O) groups excluding carboxylic acids is 1. The number of rotatable bonds is 5. The van der Waals surface area contributed by atoms with Crippen LogP contribution in [0.2, 0.25) is 0 Å². The molecule has 1 aliphatic rings. The highest BCUT2D eigenvalue weighted by Crippen LogP contribution is 2.23. The van der Waals surface area contributed by atoms with Crippen molar-refractivity contribution in [1.82, 2.24) is 10.2 Å². The van der Waals surface area contributed by atoms with Gasteiger partial charge >= 0.3 is 0 Å². The SMILES string of the molecule is O=C(NCCN1CCOCC1)c1ccccc1-c1ccco1. The summed E-state index contributed by atoms with van der Waals surface area (Å²) in [6.45, 7) is 4.88. The van der Waals surface area contributed by atoms with Crippen molar-refractivity contribution in [2.24, 2.45) is 0 Å². The van der Waals surface area contributed by atoms with E-state index in [4.69, 9.17) is 9.15 Å². The van der Waals surface area contributed by atoms with Crippen LogP contribution in [-0.4, -0.2) is 50.2 Å². The van der Waals surface area contributed by atoms with Crippen LogP contribution in [-0.2, 0) is 4.74 Å². The number of benzene rings is 1. The van der Waals surface area contributed by atoms with Gasteiger partial charge in [0.25, 0.3) is 5.91 Å². The van der Waals surface area contributed by atoms with E-state index in [1.165, 1.54) is 0 Å². The van der Waals surface area contributed by atoms with Gasteiger partial charge in [-0.2, -0.15) is 0 Å². The van der Waals surface area contributed by atoms with Crippen LogP contribution < -0.4 is 5.32 Å². The van der Waals surface area contributed by atoms with E-state index in [0.717, 1.165) is 38.4 Å². The molecule has 2 heterocycles. The molecule has 3 rings (SSSR count). The lowest BCUT2D eigenvalue weighted by molar-refractivity contribution is 0.0383. The molecule has 0 saturated carbocycles. The average Bonchev–Trinajstić information content (AvgIpc) is 3.10. The standard InChI is InChI=1S/C17H20N2O3/c20-17(18-7-8-19-9-12-21-13-10-19)15-5-2-1-4-14(15)16-6-3-11-22-16/h1-6,11H,7-10,12-13H2,(H,18,20). The van der Waals surface area contributed by atoms with Crippen molar-refractivity contribution in [3.8, 4) is 11.3 Å². The molecule has 5 nitrogen and oxygen atoms in total. The minimum atomic E-state index is -0.0692. The smallest absolute Gasteiger partial charge is 0.252 e. The topological polar surface area (TPSA) is 54.7 Å². The maximum atomic E-state index is 12.4. The van der Waals surface area contributed by atoms with Crippen LogP contribution in [0, 0.1) is 0 Å². The molecule has 116 valence electrons. The highest BCUT2D eigenvalue weighted by Gasteiger charge is 2.14. The van der Waals surface area contributed by atoms with Crippen LogP contribution in [0.5, 0.6) is 0 Å². The van der Waals surface area contributed by atoms with Gasteiger partial charge in [0.2, 0.25) is 0 Å². The highest BCUT2D eigenvalue weighted by molar-refractivity contribution is 6.00. The van der Waals surface area contributed by atoms with E-state index in [0.29, 0.717) is 17.9 Å². The van der Waals surface area contributed by atoms with Crippen LogP contribution in [0.25, 0.3) is 11.3 Å². The minimum absolute atomic E-state index is 0.0692. The molecule has 0 bridgehead atoms. The molecular formula is C17H20N2O3. The fourth-order valence-corrected chi connectivity index (χ4v) is 2.58. The predicted octanol–water partition coefficient (Wildman–Crippen LogP) is 2.01. The molecule has 0 spiro atoms. The monoisotopic (exact) mass is 300 g/mol. The molecule has 1 amide bonds. The molecule has 1 aromatic heterocycles. The van der Waals surface area contributed by atoms with E-state index < -0.39 is 0 Å². The second-order valence-electron chi connectivity index (χ2n) is 5.23. The number of morpholine rings is 1. The van der Waals surface area contributed by atoms with Crippen molar-refractivity contribution in [2.75, 3.05) is 39.4 Å². The van der Waals surface area contributed by atoms with Gasteiger partial charge in [-0.05, 0) is 18.2 Å². The first-order valence-corrected chi connectivity index (χ1v) is 7.56. The number of hydrogen-bond acceptors (Lipinski definition) is 4. The van der Waals surface area contributed by atoms with E-state index in [2.05, 4.69) is 10.2 Å². The van der Waals surface area contributed by atoms with E-state index in [-0.39, 0.29) is 5.91 Å². The molecule has 0 aliphatic carbocycles. The molecule has 22 heavy (non-hydrogen) atoms. The van der Waals surface area contributed by atoms with Gasteiger partial charge < -0.3 is 14.5 Å². The third-order valence-electron chi connectivity index (χ3n) is 3.78. The first-order valence-electron chi connectivity index (χ1n) is 7.56. The highest BCUT2D eigenvalue weighted by atomic mass is 16.5. The van der Waals surface area contributed by atoms with Gasteiger partial charge in [-0.3, -0.25) is 9.69 Å². The summed E-state index contributed by atoms with van der Waals surface area (Å²) in [6.07, 6.45) is 1.61. The van der Waals surface area contributed by atoms with Crippen LogP contribution in [0.15, 0.2) is 47.1 Å². The fourth-order valence-electron chi connectivity index (χ4n) is 2.58. The Hall–Kier alpha value is -2.11. The first-order chi connectivity index (χ1) is 10.8. The van der Waals surface area contributed by atoms with E-state index >= 15 is 0 Å². The Morgan fingerprint density at radius 2 is 1.95 bits per heavy atom. The van der Waals surface area contributed by atoms with Gasteiger partial charge in [0.1, 0.15) is 5.76 Å². The zero-order chi connectivity index (χ0) is 15.2. The van der Waals surface area contributed by atoms with Crippen molar-refractivity contribution >= 4 is 5.91 Å². The van der Waals surface area contributed by atoms with Crippen molar-refractivity contribution in [3.63, 3.8) is 0 Å². The number of nitrogens with zero attached hydrogens (tertiary/aromatic N) is 1. The van der Waals surface area contributed by atoms with Gasteiger partial charge in [-0.25, -0.2) is 0 Å². The number of carbonyl (C=O) groups is 1. The Labute approximate surface area is 129 Å². The molecule has 2 aromatic rings. The summed E-state index contributed by atoms with van der Waals surface area (Å²) in [6, 6.07) is 11.2. The van der Waals surface area contributed by atoms with Crippen molar-refractivity contribution in [3.05, 3.63) is 48.2 Å². The zero-order valence-electron chi connectivity index (χ0n) is 12.5. The molecule has 1 saturated heterocycles. The summed E-state index contributed by atoms with van der Waals surface area (Å²) in [5.41, 5.74) is 1.45. The van der Waals surface area contributed by atoms with Crippen molar-refractivity contribution < 1.29 is 13.9 Å². The Morgan fingerprint density at radius 3 is 2.73 bits per heavy atom. The zero-order valence-corrected chi connectivity index (χ0v) is 12.5. The summed E-state index contributed by atoms with van der Waals surface area (Å²) in [7, 11) is 0. The molecule has 1 N–H and O–H groups in total. The first kappa shape index (κ1) is 14.8. The molecule has 0 unspecified atom stereocenters. The third kappa shape index (κ3) is 3.55. The summed E-state index contributed by atoms with van der Waals surface area (Å²) in [5.74, 6) is 0.638. The second kappa shape index (κ2) is 7.24. The van der Waals surface area contributed by atoms with E-state index in [1.807, 2.05) is 36.4 Å². The van der Waals surface area contributed by atoms with Gasteiger partial charge in [-0.15, -0.1) is 0 Å². The van der Waals surface area contributed by atoms with Gasteiger partial charge in [-0.1, -0.05) is 18.2 Å². The molecule has 5 heteroatoms.